The Hall–Kier alpha value is -2.17. The van der Waals surface area contributed by atoms with E-state index in [0.29, 0.717) is 16.7 Å². The third kappa shape index (κ3) is 2.63. The molecule has 0 aliphatic heterocycles. The number of ketones is 1. The van der Waals surface area contributed by atoms with E-state index in [0.717, 1.165) is 0 Å². The second-order valence-corrected chi connectivity index (χ2v) is 5.88. The van der Waals surface area contributed by atoms with E-state index >= 15 is 0 Å². The molecule has 1 aromatic rings. The van der Waals surface area contributed by atoms with Gasteiger partial charge in [-0.05, 0) is 30.5 Å². The molecule has 0 spiro atoms. The number of benzene rings is 1. The summed E-state index contributed by atoms with van der Waals surface area (Å²) in [6.45, 7) is 1.62. The number of ether oxygens (including phenoxy) is 1. The molecule has 118 valence electrons. The maximum Gasteiger partial charge on any atom is 0.317 e. The van der Waals surface area contributed by atoms with Gasteiger partial charge in [-0.1, -0.05) is 12.1 Å². The smallest absolute Gasteiger partial charge is 0.317 e. The van der Waals surface area contributed by atoms with Crippen molar-refractivity contribution in [1.82, 2.24) is 4.90 Å². The number of esters is 1. The molecule has 1 aliphatic carbocycles. The summed E-state index contributed by atoms with van der Waals surface area (Å²) in [5.41, 5.74) is 0.320. The van der Waals surface area contributed by atoms with E-state index in [1.54, 1.807) is 30.2 Å². The summed E-state index contributed by atoms with van der Waals surface area (Å²) in [5, 5.41) is 0. The normalized spacial score (nSPS) is 23.0. The third-order valence-electron chi connectivity index (χ3n) is 4.09. The van der Waals surface area contributed by atoms with Crippen LogP contribution >= 0.6 is 0 Å². The fourth-order valence-electron chi connectivity index (χ4n) is 3.07. The Labute approximate surface area is 129 Å². The molecule has 1 atom stereocenters. The Balaban J connectivity index is 2.60. The second kappa shape index (κ2) is 5.91. The zero-order chi connectivity index (χ0) is 16.5. The van der Waals surface area contributed by atoms with Crippen molar-refractivity contribution in [3.05, 3.63) is 46.9 Å². The number of rotatable bonds is 3. The summed E-state index contributed by atoms with van der Waals surface area (Å²) in [6.07, 6.45) is 1.94. The van der Waals surface area contributed by atoms with Crippen molar-refractivity contribution in [1.29, 1.82) is 0 Å². The topological polar surface area (TPSA) is 46.6 Å². The molecule has 0 N–H and O–H groups in total. The molecule has 1 fully saturated rings. The molecule has 0 amide bonds. The number of Topliss-reactive ketones (excluding diaryl/α,β-unsaturated/α-hetero) is 1. The maximum absolute atomic E-state index is 13.9. The average molecular weight is 305 g/mol. The number of nitrogens with zero attached hydrogens (tertiary/aromatic N) is 1. The summed E-state index contributed by atoms with van der Waals surface area (Å²) >= 11 is 0. The lowest BCUT2D eigenvalue weighted by molar-refractivity contribution is -0.148. The first-order chi connectivity index (χ1) is 10.3. The van der Waals surface area contributed by atoms with E-state index in [9.17, 15) is 14.0 Å². The molecule has 4 nitrogen and oxygen atoms in total. The van der Waals surface area contributed by atoms with E-state index in [1.807, 2.05) is 14.1 Å². The van der Waals surface area contributed by atoms with Gasteiger partial charge in [0.1, 0.15) is 11.2 Å². The Morgan fingerprint density at radius 1 is 1.36 bits per heavy atom. The Kier molecular flexibility index (Phi) is 4.35. The van der Waals surface area contributed by atoms with E-state index in [4.69, 9.17) is 4.74 Å². The number of carbonyl (C=O) groups excluding carboxylic acids is 2. The molecule has 1 aromatic carbocycles. The quantitative estimate of drug-likeness (QED) is 0.635. The van der Waals surface area contributed by atoms with Gasteiger partial charge in [0.05, 0.1) is 7.11 Å². The van der Waals surface area contributed by atoms with Gasteiger partial charge >= 0.3 is 5.97 Å². The first kappa shape index (κ1) is 16.2. The van der Waals surface area contributed by atoms with Gasteiger partial charge in [0, 0.05) is 32.3 Å². The van der Waals surface area contributed by atoms with Crippen molar-refractivity contribution in [3.63, 3.8) is 0 Å². The molecular formula is C17H20FNO3. The summed E-state index contributed by atoms with van der Waals surface area (Å²) < 4.78 is 18.8. The Morgan fingerprint density at radius 3 is 2.64 bits per heavy atom. The minimum Gasteiger partial charge on any atom is -0.468 e. The van der Waals surface area contributed by atoms with Crippen LogP contribution in [-0.4, -0.2) is 37.9 Å². The number of hydrogen-bond acceptors (Lipinski definition) is 4. The van der Waals surface area contributed by atoms with Crippen LogP contribution in [0.1, 0.15) is 24.0 Å². The largest absolute Gasteiger partial charge is 0.468 e. The summed E-state index contributed by atoms with van der Waals surface area (Å²) in [4.78, 5) is 26.5. The van der Waals surface area contributed by atoms with E-state index in [-0.39, 0.29) is 18.6 Å². The van der Waals surface area contributed by atoms with Crippen LogP contribution in [0.5, 0.6) is 0 Å². The summed E-state index contributed by atoms with van der Waals surface area (Å²) in [6, 6.07) is 4.60. The molecule has 2 rings (SSSR count). The minimum atomic E-state index is -1.14. The standard InChI is InChI=1S/C17H20FNO3/c1-11-13(6-5-7-14(11)18)17(16(21)22-4)8-12(10-19(2)3)15(20)9-17/h5-7,10H,8-9H2,1-4H3/t17-/m0/s1. The lowest BCUT2D eigenvalue weighted by atomic mass is 9.76. The molecule has 0 radical (unpaired) electrons. The second-order valence-electron chi connectivity index (χ2n) is 5.88. The zero-order valence-corrected chi connectivity index (χ0v) is 13.3. The fraction of sp³-hybridized carbons (Fsp3) is 0.412. The average Bonchev–Trinajstić information content (AvgIpc) is 2.78. The van der Waals surface area contributed by atoms with Crippen LogP contribution in [0.2, 0.25) is 0 Å². The van der Waals surface area contributed by atoms with Gasteiger partial charge in [-0.3, -0.25) is 9.59 Å². The van der Waals surface area contributed by atoms with Crippen molar-refractivity contribution >= 4 is 11.8 Å². The molecule has 0 aromatic heterocycles. The molecule has 0 heterocycles. The van der Waals surface area contributed by atoms with E-state index in [1.165, 1.54) is 13.2 Å². The SMILES string of the molecule is COC(=O)[C@]1(c2cccc(F)c2C)CC(=O)C(=CN(C)C)C1. The van der Waals surface area contributed by atoms with Crippen LogP contribution in [0, 0.1) is 12.7 Å². The molecule has 0 bridgehead atoms. The number of methoxy groups -OCH3 is 1. The molecule has 0 saturated heterocycles. The van der Waals surface area contributed by atoms with Gasteiger partial charge in [0.15, 0.2) is 5.78 Å². The van der Waals surface area contributed by atoms with Crippen LogP contribution in [0.25, 0.3) is 0 Å². The summed E-state index contributed by atoms with van der Waals surface area (Å²) in [7, 11) is 4.91. The molecule has 1 aliphatic rings. The van der Waals surface area contributed by atoms with Gasteiger partial charge in [0.25, 0.3) is 0 Å². The first-order valence-corrected chi connectivity index (χ1v) is 7.06. The molecule has 0 unspecified atom stereocenters. The number of allylic oxidation sites excluding steroid dienone is 1. The highest BCUT2D eigenvalue weighted by atomic mass is 19.1. The van der Waals surface area contributed by atoms with Crippen molar-refractivity contribution in [2.24, 2.45) is 0 Å². The van der Waals surface area contributed by atoms with Gasteiger partial charge in [-0.15, -0.1) is 0 Å². The van der Waals surface area contributed by atoms with E-state index < -0.39 is 17.2 Å². The fourth-order valence-corrected chi connectivity index (χ4v) is 3.07. The highest BCUT2D eigenvalue weighted by Crippen LogP contribution is 2.44. The highest BCUT2D eigenvalue weighted by Gasteiger charge is 2.50. The van der Waals surface area contributed by atoms with Gasteiger partial charge in [-0.25, -0.2) is 4.39 Å². The van der Waals surface area contributed by atoms with Crippen LogP contribution in [0.15, 0.2) is 30.0 Å². The first-order valence-electron chi connectivity index (χ1n) is 7.06. The number of halogens is 1. The predicted octanol–water partition coefficient (Wildman–Crippen LogP) is 2.35. The number of hydrogen-bond donors (Lipinski definition) is 0. The van der Waals surface area contributed by atoms with Crippen molar-refractivity contribution in [2.75, 3.05) is 21.2 Å². The Morgan fingerprint density at radius 2 is 2.05 bits per heavy atom. The highest BCUT2D eigenvalue weighted by molar-refractivity contribution is 6.05. The van der Waals surface area contributed by atoms with Gasteiger partial charge in [-0.2, -0.15) is 0 Å². The summed E-state index contributed by atoms with van der Waals surface area (Å²) in [5.74, 6) is -1.00. The minimum absolute atomic E-state index is 0.00361. The molecule has 22 heavy (non-hydrogen) atoms. The van der Waals surface area contributed by atoms with Gasteiger partial charge < -0.3 is 9.64 Å². The Bertz CT molecular complexity index is 651. The van der Waals surface area contributed by atoms with Crippen LogP contribution in [0.3, 0.4) is 0 Å². The van der Waals surface area contributed by atoms with Gasteiger partial charge in [0.2, 0.25) is 0 Å². The molecule has 1 saturated carbocycles. The van der Waals surface area contributed by atoms with Crippen molar-refractivity contribution < 1.29 is 18.7 Å². The molecule has 5 heteroatoms. The maximum atomic E-state index is 13.9. The lowest BCUT2D eigenvalue weighted by Crippen LogP contribution is -2.35. The van der Waals surface area contributed by atoms with Crippen LogP contribution < -0.4 is 0 Å². The predicted molar refractivity (Wildman–Crippen MR) is 80.8 cm³/mol. The van der Waals surface area contributed by atoms with Crippen molar-refractivity contribution in [2.45, 2.75) is 25.2 Å². The van der Waals surface area contributed by atoms with Crippen LogP contribution in [0.4, 0.5) is 4.39 Å². The lowest BCUT2D eigenvalue weighted by Gasteiger charge is -2.27. The van der Waals surface area contributed by atoms with Crippen LogP contribution in [-0.2, 0) is 19.7 Å². The third-order valence-corrected chi connectivity index (χ3v) is 4.09. The molecular weight excluding hydrogens is 285 g/mol. The van der Waals surface area contributed by atoms with E-state index in [2.05, 4.69) is 0 Å². The zero-order valence-electron chi connectivity index (χ0n) is 13.3. The number of carbonyl (C=O) groups is 2. The van der Waals surface area contributed by atoms with Crippen molar-refractivity contribution in [3.8, 4) is 0 Å². The monoisotopic (exact) mass is 305 g/mol.